The van der Waals surface area contributed by atoms with Crippen molar-refractivity contribution >= 4 is 18.6 Å². The molecule has 0 spiro atoms. The molecule has 4 radical (unpaired) electrons. The largest absolute Gasteiger partial charge is 0.253 e. The predicted molar refractivity (Wildman–Crippen MR) is 84.6 cm³/mol. The third-order valence-corrected chi connectivity index (χ3v) is 3.54. The predicted octanol–water partition coefficient (Wildman–Crippen LogP) is 3.96. The van der Waals surface area contributed by atoms with Crippen LogP contribution >= 0.6 is 0 Å². The maximum atomic E-state index is 13.6. The van der Waals surface area contributed by atoms with Gasteiger partial charge in [0.05, 0.1) is 13.5 Å². The Bertz CT molecular complexity index is 798. The lowest BCUT2D eigenvalue weighted by Crippen LogP contribution is -1.96. The molecule has 0 aliphatic rings. The molecule has 0 fully saturated rings. The number of hydrogen-bond acceptors (Lipinski definition) is 1. The second-order valence-electron chi connectivity index (χ2n) is 4.90. The highest BCUT2D eigenvalue weighted by Gasteiger charge is 2.10. The van der Waals surface area contributed by atoms with Gasteiger partial charge in [-0.05, 0) is 54.9 Å². The summed E-state index contributed by atoms with van der Waals surface area (Å²) in [6.45, 7) is 5.59. The molecule has 0 bridgehead atoms. The first-order valence-corrected chi connectivity index (χ1v) is 6.80. The van der Waals surface area contributed by atoms with Crippen molar-refractivity contribution in [2.45, 2.75) is 12.7 Å². The minimum atomic E-state index is -0.291. The summed E-state index contributed by atoms with van der Waals surface area (Å²) in [5.41, 5.74) is 2.95. The Labute approximate surface area is 125 Å². The van der Waals surface area contributed by atoms with E-state index in [4.69, 9.17) is 14.8 Å². The van der Waals surface area contributed by atoms with Crippen LogP contribution in [0.25, 0.3) is 22.0 Å². The van der Waals surface area contributed by atoms with Gasteiger partial charge in [-0.3, -0.25) is 4.98 Å². The third kappa shape index (κ3) is 2.56. The molecule has 1 heterocycles. The Hall–Kier alpha value is -2.16. The van der Waals surface area contributed by atoms with E-state index in [1.165, 1.54) is 6.07 Å². The molecule has 21 heavy (non-hydrogen) atoms. The zero-order valence-corrected chi connectivity index (χ0v) is 11.5. The van der Waals surface area contributed by atoms with Gasteiger partial charge in [-0.1, -0.05) is 24.3 Å². The first kappa shape index (κ1) is 13.8. The van der Waals surface area contributed by atoms with E-state index in [1.54, 1.807) is 12.1 Å². The third-order valence-electron chi connectivity index (χ3n) is 3.54. The van der Waals surface area contributed by atoms with Crippen molar-refractivity contribution < 1.29 is 4.39 Å². The molecule has 0 saturated carbocycles. The average molecular weight is 273 g/mol. The zero-order valence-electron chi connectivity index (χ0n) is 11.5. The second kappa shape index (κ2) is 5.68. The van der Waals surface area contributed by atoms with Crippen LogP contribution in [0, 0.1) is 12.7 Å². The molecule has 2 aromatic carbocycles. The zero-order chi connectivity index (χ0) is 14.8. The molecule has 3 aromatic rings. The Balaban J connectivity index is 2.28. The van der Waals surface area contributed by atoms with Crippen LogP contribution in [0.2, 0.25) is 0 Å². The van der Waals surface area contributed by atoms with Crippen LogP contribution in [0.5, 0.6) is 0 Å². The molecule has 3 heteroatoms. The van der Waals surface area contributed by atoms with Crippen LogP contribution in [0.4, 0.5) is 4.39 Å². The van der Waals surface area contributed by atoms with Crippen molar-refractivity contribution in [2.75, 3.05) is 0 Å². The molecule has 0 N–H and O–H groups in total. The molecular weight excluding hydrogens is 260 g/mol. The van der Waals surface area contributed by atoms with Gasteiger partial charge in [0.1, 0.15) is 5.82 Å². The van der Waals surface area contributed by atoms with Crippen molar-refractivity contribution in [3.05, 3.63) is 72.5 Å². The average Bonchev–Trinajstić information content (AvgIpc) is 2.54. The van der Waals surface area contributed by atoms with Crippen molar-refractivity contribution in [3.8, 4) is 11.3 Å². The van der Waals surface area contributed by atoms with E-state index in [1.807, 2.05) is 30.3 Å². The van der Waals surface area contributed by atoms with Gasteiger partial charge in [0, 0.05) is 16.6 Å². The quantitative estimate of drug-likeness (QED) is 0.658. The van der Waals surface area contributed by atoms with Crippen LogP contribution in [-0.4, -0.2) is 12.8 Å². The molecule has 0 aliphatic carbocycles. The van der Waals surface area contributed by atoms with E-state index in [0.29, 0.717) is 11.9 Å². The van der Waals surface area contributed by atoms with Crippen molar-refractivity contribution in [1.29, 1.82) is 0 Å². The number of benzene rings is 2. The summed E-state index contributed by atoms with van der Waals surface area (Å²) < 4.78 is 13.6. The van der Waals surface area contributed by atoms with Crippen LogP contribution in [0.15, 0.2) is 48.5 Å². The smallest absolute Gasteiger partial charge is 0.126 e. The number of nitrogens with zero attached hydrogens (tertiary/aromatic N) is 1. The standard InChI is InChI=1S/C18H13BFN/c1-2-12-9-14(7-8-17(12)20)18-16-6-4-3-5-13(16)10-15(11-19)21-18/h1,3-10H,2,11H2. The fourth-order valence-electron chi connectivity index (χ4n) is 2.46. The lowest BCUT2D eigenvalue weighted by Gasteiger charge is -2.10. The highest BCUT2D eigenvalue weighted by Crippen LogP contribution is 2.29. The molecule has 0 saturated heterocycles. The molecule has 100 valence electrons. The van der Waals surface area contributed by atoms with E-state index < -0.39 is 0 Å². The Morgan fingerprint density at radius 2 is 1.90 bits per heavy atom. The van der Waals surface area contributed by atoms with Gasteiger partial charge in [-0.25, -0.2) is 4.39 Å². The van der Waals surface area contributed by atoms with Crippen LogP contribution in [0.1, 0.15) is 11.3 Å². The monoisotopic (exact) mass is 273 g/mol. The number of rotatable bonds is 3. The molecule has 0 amide bonds. The van der Waals surface area contributed by atoms with Crippen molar-refractivity contribution in [3.63, 3.8) is 0 Å². The SMILES string of the molecule is [B]Cc1cc2ccccc2c(-c2ccc(F)c(C[CH])c2)n1. The fourth-order valence-corrected chi connectivity index (χ4v) is 2.46. The minimum absolute atomic E-state index is 0.161. The van der Waals surface area contributed by atoms with Gasteiger partial charge < -0.3 is 0 Å². The minimum Gasteiger partial charge on any atom is -0.253 e. The lowest BCUT2D eigenvalue weighted by atomic mass is 9.96. The molecule has 0 aliphatic heterocycles. The van der Waals surface area contributed by atoms with Crippen LogP contribution in [0.3, 0.4) is 0 Å². The van der Waals surface area contributed by atoms with E-state index in [9.17, 15) is 4.39 Å². The molecule has 1 nitrogen and oxygen atoms in total. The molecular formula is C18H13BFN. The van der Waals surface area contributed by atoms with E-state index in [2.05, 4.69) is 4.98 Å². The summed E-state index contributed by atoms with van der Waals surface area (Å²) in [5, 5.41) is 2.09. The Morgan fingerprint density at radius 3 is 2.67 bits per heavy atom. The van der Waals surface area contributed by atoms with Crippen molar-refractivity contribution in [1.82, 2.24) is 4.98 Å². The number of pyridine rings is 1. The number of hydrogen-bond donors (Lipinski definition) is 0. The van der Waals surface area contributed by atoms with Gasteiger partial charge in [0.15, 0.2) is 0 Å². The van der Waals surface area contributed by atoms with E-state index in [-0.39, 0.29) is 12.2 Å². The van der Waals surface area contributed by atoms with Gasteiger partial charge in [-0.15, -0.1) is 0 Å². The topological polar surface area (TPSA) is 12.9 Å². The van der Waals surface area contributed by atoms with E-state index in [0.717, 1.165) is 27.7 Å². The van der Waals surface area contributed by atoms with Crippen LogP contribution in [-0.2, 0) is 12.7 Å². The second-order valence-corrected chi connectivity index (χ2v) is 4.90. The summed E-state index contributed by atoms with van der Waals surface area (Å²) in [6.07, 6.45) is 0.525. The van der Waals surface area contributed by atoms with Crippen molar-refractivity contribution in [2.24, 2.45) is 0 Å². The lowest BCUT2D eigenvalue weighted by molar-refractivity contribution is 0.615. The summed E-state index contributed by atoms with van der Waals surface area (Å²) >= 11 is 0. The normalized spacial score (nSPS) is 11.0. The van der Waals surface area contributed by atoms with E-state index >= 15 is 0 Å². The first-order chi connectivity index (χ1) is 10.2. The summed E-state index contributed by atoms with van der Waals surface area (Å²) in [6, 6.07) is 14.9. The molecule has 0 atom stereocenters. The Kier molecular flexibility index (Phi) is 3.74. The molecule has 3 rings (SSSR count). The maximum Gasteiger partial charge on any atom is 0.126 e. The summed E-state index contributed by atoms with van der Waals surface area (Å²) in [5.74, 6) is -0.291. The molecule has 1 aromatic heterocycles. The first-order valence-electron chi connectivity index (χ1n) is 6.80. The summed E-state index contributed by atoms with van der Waals surface area (Å²) in [4.78, 5) is 4.61. The maximum absolute atomic E-state index is 13.6. The highest BCUT2D eigenvalue weighted by atomic mass is 19.1. The number of fused-ring (bicyclic) bond motifs is 1. The number of aromatic nitrogens is 1. The van der Waals surface area contributed by atoms with Gasteiger partial charge in [-0.2, -0.15) is 0 Å². The van der Waals surface area contributed by atoms with Gasteiger partial charge in [0.25, 0.3) is 0 Å². The van der Waals surface area contributed by atoms with Gasteiger partial charge >= 0.3 is 0 Å². The number of halogens is 1. The van der Waals surface area contributed by atoms with Gasteiger partial charge in [0.2, 0.25) is 0 Å². The highest BCUT2D eigenvalue weighted by molar-refractivity contribution is 6.08. The van der Waals surface area contributed by atoms with Crippen LogP contribution < -0.4 is 0 Å². The fraction of sp³-hybridized carbons (Fsp3) is 0.111. The summed E-state index contributed by atoms with van der Waals surface area (Å²) in [7, 11) is 5.73. The molecule has 0 unspecified atom stereocenters. The Morgan fingerprint density at radius 1 is 1.10 bits per heavy atom.